The topological polar surface area (TPSA) is 12.4 Å². The zero-order valence-electron chi connectivity index (χ0n) is 11.3. The standard InChI is InChI=1S/C18H13Cl2N/c19-14-7-10-16(17(20)12-14)18-11-9-15(21-18)8-6-13-4-2-1-3-5-13/h1-8,10-12H,9H2/b8-6+. The van der Waals surface area contributed by atoms with Gasteiger partial charge in [0.2, 0.25) is 0 Å². The number of hydrogen-bond donors (Lipinski definition) is 0. The molecule has 2 aromatic rings. The quantitative estimate of drug-likeness (QED) is 0.669. The van der Waals surface area contributed by atoms with Gasteiger partial charge in [-0.2, -0.15) is 0 Å². The third kappa shape index (κ3) is 3.44. The normalized spacial score (nSPS) is 14.4. The van der Waals surface area contributed by atoms with Crippen molar-refractivity contribution in [2.75, 3.05) is 0 Å². The maximum Gasteiger partial charge on any atom is 0.0684 e. The summed E-state index contributed by atoms with van der Waals surface area (Å²) in [5.74, 6) is 0. The van der Waals surface area contributed by atoms with Crippen LogP contribution in [0.5, 0.6) is 0 Å². The second kappa shape index (κ2) is 6.30. The molecule has 21 heavy (non-hydrogen) atoms. The molecule has 1 nitrogen and oxygen atoms in total. The lowest BCUT2D eigenvalue weighted by molar-refractivity contribution is 1.53. The molecule has 0 saturated heterocycles. The van der Waals surface area contributed by atoms with Crippen LogP contribution in [0.1, 0.15) is 17.5 Å². The first kappa shape index (κ1) is 14.1. The number of benzene rings is 2. The Hall–Kier alpha value is -1.83. The molecule has 0 bridgehead atoms. The highest BCUT2D eigenvalue weighted by atomic mass is 35.5. The van der Waals surface area contributed by atoms with E-state index in [9.17, 15) is 0 Å². The summed E-state index contributed by atoms with van der Waals surface area (Å²) in [7, 11) is 0. The molecule has 0 N–H and O–H groups in total. The molecule has 0 unspecified atom stereocenters. The fourth-order valence-corrected chi connectivity index (χ4v) is 2.68. The number of hydrogen-bond acceptors (Lipinski definition) is 1. The summed E-state index contributed by atoms with van der Waals surface area (Å²) in [6, 6.07) is 15.7. The molecule has 1 heterocycles. The SMILES string of the molecule is Clc1ccc(C2=CCC(/C=C/c3ccccc3)=N2)c(Cl)c1. The molecule has 0 radical (unpaired) electrons. The monoisotopic (exact) mass is 313 g/mol. The van der Waals surface area contributed by atoms with Crippen molar-refractivity contribution in [1.82, 2.24) is 0 Å². The first-order valence-electron chi connectivity index (χ1n) is 6.69. The van der Waals surface area contributed by atoms with E-state index in [1.54, 1.807) is 6.07 Å². The minimum absolute atomic E-state index is 0.630. The van der Waals surface area contributed by atoms with Crippen molar-refractivity contribution in [2.45, 2.75) is 6.42 Å². The lowest BCUT2D eigenvalue weighted by atomic mass is 10.1. The second-order valence-corrected chi connectivity index (χ2v) is 5.61. The smallest absolute Gasteiger partial charge is 0.0684 e. The fraction of sp³-hybridized carbons (Fsp3) is 0.0556. The van der Waals surface area contributed by atoms with E-state index in [2.05, 4.69) is 29.3 Å². The Morgan fingerprint density at radius 2 is 1.76 bits per heavy atom. The van der Waals surface area contributed by atoms with Gasteiger partial charge < -0.3 is 0 Å². The molecule has 0 amide bonds. The summed E-state index contributed by atoms with van der Waals surface area (Å²) in [6.07, 6.45) is 7.01. The summed E-state index contributed by atoms with van der Waals surface area (Å²) in [4.78, 5) is 4.63. The Morgan fingerprint density at radius 1 is 0.952 bits per heavy atom. The maximum atomic E-state index is 6.22. The fourth-order valence-electron chi connectivity index (χ4n) is 2.18. The van der Waals surface area contributed by atoms with Crippen LogP contribution < -0.4 is 0 Å². The number of allylic oxidation sites excluding steroid dienone is 2. The van der Waals surface area contributed by atoms with Crippen molar-refractivity contribution in [3.8, 4) is 0 Å². The van der Waals surface area contributed by atoms with Gasteiger partial charge in [-0.1, -0.05) is 65.7 Å². The van der Waals surface area contributed by atoms with Crippen LogP contribution in [0, 0.1) is 0 Å². The van der Waals surface area contributed by atoms with Gasteiger partial charge in [-0.15, -0.1) is 0 Å². The molecule has 0 fully saturated rings. The van der Waals surface area contributed by atoms with E-state index in [0.29, 0.717) is 10.0 Å². The summed E-state index contributed by atoms with van der Waals surface area (Å²) in [5, 5.41) is 1.27. The van der Waals surface area contributed by atoms with Crippen molar-refractivity contribution in [3.05, 3.63) is 81.9 Å². The predicted octanol–water partition coefficient (Wildman–Crippen LogP) is 5.89. The molecule has 0 aromatic heterocycles. The van der Waals surface area contributed by atoms with Gasteiger partial charge >= 0.3 is 0 Å². The second-order valence-electron chi connectivity index (χ2n) is 4.76. The highest BCUT2D eigenvalue weighted by molar-refractivity contribution is 6.35. The van der Waals surface area contributed by atoms with Crippen LogP contribution in [-0.4, -0.2) is 5.71 Å². The zero-order chi connectivity index (χ0) is 14.7. The van der Waals surface area contributed by atoms with E-state index < -0.39 is 0 Å². The first-order chi connectivity index (χ1) is 10.2. The van der Waals surface area contributed by atoms with E-state index in [-0.39, 0.29) is 0 Å². The summed E-state index contributed by atoms with van der Waals surface area (Å²) in [6.45, 7) is 0. The van der Waals surface area contributed by atoms with Crippen LogP contribution in [0.25, 0.3) is 11.8 Å². The zero-order valence-corrected chi connectivity index (χ0v) is 12.8. The Labute approximate surface area is 134 Å². The van der Waals surface area contributed by atoms with E-state index in [4.69, 9.17) is 23.2 Å². The van der Waals surface area contributed by atoms with Crippen LogP contribution in [-0.2, 0) is 0 Å². The Balaban J connectivity index is 1.79. The van der Waals surface area contributed by atoms with Crippen molar-refractivity contribution in [1.29, 1.82) is 0 Å². The molecule has 3 rings (SSSR count). The van der Waals surface area contributed by atoms with Crippen LogP contribution in [0.3, 0.4) is 0 Å². The van der Waals surface area contributed by atoms with E-state index >= 15 is 0 Å². The van der Waals surface area contributed by atoms with Crippen molar-refractivity contribution < 1.29 is 0 Å². The van der Waals surface area contributed by atoms with E-state index in [1.165, 1.54) is 0 Å². The van der Waals surface area contributed by atoms with Crippen molar-refractivity contribution >= 4 is 40.7 Å². The first-order valence-corrected chi connectivity index (χ1v) is 7.44. The largest absolute Gasteiger partial charge is 0.253 e. The third-order valence-electron chi connectivity index (χ3n) is 3.24. The molecule has 0 spiro atoms. The van der Waals surface area contributed by atoms with Crippen LogP contribution >= 0.6 is 23.2 Å². The van der Waals surface area contributed by atoms with E-state index in [0.717, 1.165) is 29.0 Å². The van der Waals surface area contributed by atoms with Gasteiger partial charge in [0.1, 0.15) is 0 Å². The lowest BCUT2D eigenvalue weighted by Gasteiger charge is -2.02. The number of nitrogens with zero attached hydrogens (tertiary/aromatic N) is 1. The Kier molecular flexibility index (Phi) is 4.23. The molecule has 0 aliphatic carbocycles. The number of rotatable bonds is 3. The summed E-state index contributed by atoms with van der Waals surface area (Å²) >= 11 is 12.1. The summed E-state index contributed by atoms with van der Waals surface area (Å²) < 4.78 is 0. The van der Waals surface area contributed by atoms with Gasteiger partial charge in [-0.25, -0.2) is 0 Å². The molecule has 2 aromatic carbocycles. The molecule has 1 aliphatic rings. The predicted molar refractivity (Wildman–Crippen MR) is 92.0 cm³/mol. The maximum absolute atomic E-state index is 6.22. The minimum atomic E-state index is 0.630. The highest BCUT2D eigenvalue weighted by Gasteiger charge is 2.11. The highest BCUT2D eigenvalue weighted by Crippen LogP contribution is 2.30. The third-order valence-corrected chi connectivity index (χ3v) is 3.79. The van der Waals surface area contributed by atoms with Gasteiger partial charge in [0.25, 0.3) is 0 Å². The molecule has 104 valence electrons. The van der Waals surface area contributed by atoms with Crippen molar-refractivity contribution in [2.24, 2.45) is 4.99 Å². The number of aliphatic imine (C=N–C) groups is 1. The molecular formula is C18H13Cl2N. The van der Waals surface area contributed by atoms with Gasteiger partial charge in [0.05, 0.1) is 10.7 Å². The van der Waals surface area contributed by atoms with Crippen LogP contribution in [0.15, 0.2) is 65.7 Å². The van der Waals surface area contributed by atoms with E-state index in [1.807, 2.05) is 36.4 Å². The molecule has 0 atom stereocenters. The molecule has 3 heteroatoms. The van der Waals surface area contributed by atoms with Gasteiger partial charge in [-0.05, 0) is 29.8 Å². The average Bonchev–Trinajstić information content (AvgIpc) is 2.95. The van der Waals surface area contributed by atoms with Gasteiger partial charge in [-0.3, -0.25) is 4.99 Å². The van der Waals surface area contributed by atoms with Gasteiger partial charge in [0, 0.05) is 22.7 Å². The molecule has 1 aliphatic heterocycles. The summed E-state index contributed by atoms with van der Waals surface area (Å²) in [5.41, 5.74) is 4.02. The Morgan fingerprint density at radius 3 is 2.52 bits per heavy atom. The number of halogens is 2. The van der Waals surface area contributed by atoms with Crippen molar-refractivity contribution in [3.63, 3.8) is 0 Å². The molecular weight excluding hydrogens is 301 g/mol. The minimum Gasteiger partial charge on any atom is -0.253 e. The van der Waals surface area contributed by atoms with Crippen LogP contribution in [0.2, 0.25) is 10.0 Å². The Bertz CT molecular complexity index is 743. The average molecular weight is 314 g/mol. The lowest BCUT2D eigenvalue weighted by Crippen LogP contribution is -1.86. The molecule has 0 saturated carbocycles. The van der Waals surface area contributed by atoms with Gasteiger partial charge in [0.15, 0.2) is 0 Å². The van der Waals surface area contributed by atoms with Crippen LogP contribution in [0.4, 0.5) is 0 Å².